The number of benzene rings is 1. The summed E-state index contributed by atoms with van der Waals surface area (Å²) < 4.78 is 7.33. The Hall–Kier alpha value is -2.61. The van der Waals surface area contributed by atoms with Crippen LogP contribution >= 0.6 is 11.8 Å². The number of carbonyl (C=O) groups is 1. The smallest absolute Gasteiger partial charge is 0.277 e. The maximum Gasteiger partial charge on any atom is 0.277 e. The van der Waals surface area contributed by atoms with Gasteiger partial charge in [0.1, 0.15) is 0 Å². The Morgan fingerprint density at radius 3 is 2.68 bits per heavy atom. The molecule has 7 nitrogen and oxygen atoms in total. The number of nitrogens with zero attached hydrogens (tertiary/aromatic N) is 4. The first-order valence-corrected chi connectivity index (χ1v) is 8.80. The fourth-order valence-corrected chi connectivity index (χ4v) is 2.98. The zero-order valence-electron chi connectivity index (χ0n) is 14.3. The first-order valence-electron chi connectivity index (χ1n) is 7.82. The third-order valence-electron chi connectivity index (χ3n) is 3.75. The van der Waals surface area contributed by atoms with Crippen molar-refractivity contribution < 1.29 is 9.21 Å². The summed E-state index contributed by atoms with van der Waals surface area (Å²) in [5.41, 5.74) is 3.56. The monoisotopic (exact) mass is 357 g/mol. The van der Waals surface area contributed by atoms with E-state index in [1.807, 2.05) is 51.2 Å². The lowest BCUT2D eigenvalue weighted by Gasteiger charge is -2.04. The van der Waals surface area contributed by atoms with Crippen molar-refractivity contribution in [1.29, 1.82) is 0 Å². The first kappa shape index (κ1) is 17.2. The predicted molar refractivity (Wildman–Crippen MR) is 95.6 cm³/mol. The number of amides is 1. The lowest BCUT2D eigenvalue weighted by atomic mass is 10.2. The van der Waals surface area contributed by atoms with Gasteiger partial charge in [-0.25, -0.2) is 0 Å². The van der Waals surface area contributed by atoms with Gasteiger partial charge in [0, 0.05) is 7.05 Å². The molecule has 0 aliphatic carbocycles. The average molecular weight is 357 g/mol. The summed E-state index contributed by atoms with van der Waals surface area (Å²) in [6.07, 6.45) is 0.578. The number of hydrogen-bond donors (Lipinski definition) is 1. The Balaban J connectivity index is 1.54. The number of aryl methyl sites for hydroxylation is 2. The van der Waals surface area contributed by atoms with Crippen LogP contribution in [-0.4, -0.2) is 31.6 Å². The Bertz CT molecular complexity index is 873. The van der Waals surface area contributed by atoms with Gasteiger partial charge in [0.05, 0.1) is 29.2 Å². The molecule has 0 atom stereocenters. The molecule has 0 unspecified atom stereocenters. The number of aromatic nitrogens is 4. The summed E-state index contributed by atoms with van der Waals surface area (Å²) in [4.78, 5) is 12.1. The molecule has 3 rings (SSSR count). The molecule has 0 saturated carbocycles. The minimum Gasteiger partial charge on any atom is -0.416 e. The summed E-state index contributed by atoms with van der Waals surface area (Å²) in [5.74, 6) is 0.598. The highest BCUT2D eigenvalue weighted by molar-refractivity contribution is 7.99. The number of rotatable bonds is 6. The van der Waals surface area contributed by atoms with Crippen LogP contribution in [0.3, 0.4) is 0 Å². The van der Waals surface area contributed by atoms with Crippen LogP contribution in [0.4, 0.5) is 5.69 Å². The Morgan fingerprint density at radius 2 is 2.00 bits per heavy atom. The van der Waals surface area contributed by atoms with Crippen LogP contribution < -0.4 is 5.32 Å². The van der Waals surface area contributed by atoms with Gasteiger partial charge in [-0.3, -0.25) is 9.48 Å². The zero-order valence-corrected chi connectivity index (χ0v) is 15.1. The van der Waals surface area contributed by atoms with Gasteiger partial charge >= 0.3 is 0 Å². The molecule has 0 fully saturated rings. The van der Waals surface area contributed by atoms with E-state index in [9.17, 15) is 4.79 Å². The second-order valence-electron chi connectivity index (χ2n) is 5.63. The maximum absolute atomic E-state index is 12.1. The molecule has 3 aromatic rings. The predicted octanol–water partition coefficient (Wildman–Crippen LogP) is 2.74. The minimum absolute atomic E-state index is 0.132. The van der Waals surface area contributed by atoms with E-state index in [1.54, 1.807) is 4.68 Å². The molecule has 0 bridgehead atoms. The van der Waals surface area contributed by atoms with Crippen LogP contribution in [-0.2, 0) is 18.3 Å². The van der Waals surface area contributed by atoms with Gasteiger partial charge in [0.2, 0.25) is 11.8 Å². The molecule has 0 aliphatic rings. The Labute approximate surface area is 149 Å². The molecular formula is C17H19N5O2S. The van der Waals surface area contributed by atoms with Gasteiger partial charge in [-0.15, -0.1) is 10.2 Å². The highest BCUT2D eigenvalue weighted by Crippen LogP contribution is 2.21. The molecule has 0 radical (unpaired) electrons. The van der Waals surface area contributed by atoms with Crippen molar-refractivity contribution in [2.24, 2.45) is 7.05 Å². The lowest BCUT2D eigenvalue weighted by molar-refractivity contribution is -0.113. The van der Waals surface area contributed by atoms with Gasteiger partial charge in [-0.05, 0) is 19.4 Å². The van der Waals surface area contributed by atoms with E-state index < -0.39 is 0 Å². The van der Waals surface area contributed by atoms with E-state index in [0.29, 0.717) is 17.5 Å². The molecule has 1 aromatic carbocycles. The first-order chi connectivity index (χ1) is 12.0. The number of carbonyl (C=O) groups excluding carboxylic acids is 1. The molecule has 2 heterocycles. The maximum atomic E-state index is 12.1. The molecule has 0 spiro atoms. The summed E-state index contributed by atoms with van der Waals surface area (Å²) in [5, 5.41) is 15.6. The number of anilines is 1. The summed E-state index contributed by atoms with van der Waals surface area (Å²) >= 11 is 1.22. The quantitative estimate of drug-likeness (QED) is 0.683. The van der Waals surface area contributed by atoms with E-state index in [1.165, 1.54) is 11.8 Å². The molecule has 0 aliphatic heterocycles. The largest absolute Gasteiger partial charge is 0.416 e. The lowest BCUT2D eigenvalue weighted by Crippen LogP contribution is -2.15. The molecule has 0 saturated heterocycles. The average Bonchev–Trinajstić information content (AvgIpc) is 3.14. The van der Waals surface area contributed by atoms with Gasteiger partial charge in [-0.1, -0.05) is 42.1 Å². The van der Waals surface area contributed by atoms with E-state index in [-0.39, 0.29) is 11.7 Å². The fourth-order valence-electron chi connectivity index (χ4n) is 2.40. The molecule has 8 heteroatoms. The van der Waals surface area contributed by atoms with E-state index in [4.69, 9.17) is 4.42 Å². The van der Waals surface area contributed by atoms with Gasteiger partial charge < -0.3 is 9.73 Å². The SMILES string of the molecule is Cc1nn(C)c(C)c1NC(=O)CSc1nnc(Cc2ccccc2)o1. The molecule has 25 heavy (non-hydrogen) atoms. The van der Waals surface area contributed by atoms with Gasteiger partial charge in [-0.2, -0.15) is 5.10 Å². The van der Waals surface area contributed by atoms with Crippen LogP contribution in [0, 0.1) is 13.8 Å². The highest BCUT2D eigenvalue weighted by Gasteiger charge is 2.14. The number of thioether (sulfide) groups is 1. The highest BCUT2D eigenvalue weighted by atomic mass is 32.2. The number of nitrogens with one attached hydrogen (secondary N) is 1. The molecule has 1 N–H and O–H groups in total. The minimum atomic E-state index is -0.132. The van der Waals surface area contributed by atoms with Gasteiger partial charge in [0.25, 0.3) is 5.22 Å². The van der Waals surface area contributed by atoms with E-state index in [0.717, 1.165) is 22.6 Å². The molecule has 130 valence electrons. The summed E-state index contributed by atoms with van der Waals surface area (Å²) in [6, 6.07) is 9.90. The second-order valence-corrected chi connectivity index (χ2v) is 6.56. The van der Waals surface area contributed by atoms with Crippen LogP contribution in [0.5, 0.6) is 0 Å². The molecule has 2 aromatic heterocycles. The number of hydrogen-bond acceptors (Lipinski definition) is 6. The van der Waals surface area contributed by atoms with Crippen molar-refractivity contribution in [2.75, 3.05) is 11.1 Å². The van der Waals surface area contributed by atoms with Crippen molar-refractivity contribution in [3.63, 3.8) is 0 Å². The topological polar surface area (TPSA) is 85.8 Å². The van der Waals surface area contributed by atoms with Crippen molar-refractivity contribution in [3.05, 3.63) is 53.2 Å². The third-order valence-corrected chi connectivity index (χ3v) is 4.57. The van der Waals surface area contributed by atoms with Crippen LogP contribution in [0.25, 0.3) is 0 Å². The van der Waals surface area contributed by atoms with Crippen molar-refractivity contribution in [1.82, 2.24) is 20.0 Å². The van der Waals surface area contributed by atoms with Crippen LogP contribution in [0.2, 0.25) is 0 Å². The van der Waals surface area contributed by atoms with Crippen molar-refractivity contribution in [2.45, 2.75) is 25.5 Å². The normalized spacial score (nSPS) is 10.8. The second kappa shape index (κ2) is 7.52. The summed E-state index contributed by atoms with van der Waals surface area (Å²) in [7, 11) is 1.85. The van der Waals surface area contributed by atoms with Crippen molar-refractivity contribution in [3.8, 4) is 0 Å². The van der Waals surface area contributed by atoms with Crippen molar-refractivity contribution >= 4 is 23.4 Å². The molecular weight excluding hydrogens is 338 g/mol. The van der Waals surface area contributed by atoms with Gasteiger partial charge in [0.15, 0.2) is 0 Å². The zero-order chi connectivity index (χ0) is 17.8. The Kier molecular flexibility index (Phi) is 5.18. The molecule has 1 amide bonds. The van der Waals surface area contributed by atoms with E-state index in [2.05, 4.69) is 20.6 Å². The van der Waals surface area contributed by atoms with Crippen LogP contribution in [0.1, 0.15) is 22.8 Å². The Morgan fingerprint density at radius 1 is 1.24 bits per heavy atom. The van der Waals surface area contributed by atoms with Crippen LogP contribution in [0.15, 0.2) is 40.0 Å². The standard InChI is InChI=1S/C17H19N5O2S/c1-11-16(12(2)22(3)21-11)18-14(23)10-25-17-20-19-15(24-17)9-13-7-5-4-6-8-13/h4-8H,9-10H2,1-3H3,(H,18,23). The fraction of sp³-hybridized carbons (Fsp3) is 0.294. The van der Waals surface area contributed by atoms with E-state index >= 15 is 0 Å². The summed E-state index contributed by atoms with van der Waals surface area (Å²) in [6.45, 7) is 3.78. The third kappa shape index (κ3) is 4.27.